The van der Waals surface area contributed by atoms with Crippen LogP contribution in [-0.2, 0) is 19.1 Å². The fourth-order valence-corrected chi connectivity index (χ4v) is 3.74. The lowest BCUT2D eigenvalue weighted by Gasteiger charge is -2.34. The first-order valence-corrected chi connectivity index (χ1v) is 10.3. The maximum absolute atomic E-state index is 13.3. The quantitative estimate of drug-likeness (QED) is 0.501. The predicted molar refractivity (Wildman–Crippen MR) is 109 cm³/mol. The topological polar surface area (TPSA) is 67.9 Å². The maximum atomic E-state index is 13.3. The molecule has 6 nitrogen and oxygen atoms in total. The molecular weight excluding hydrogens is 380 g/mol. The Kier molecular flexibility index (Phi) is 9.22. The first-order chi connectivity index (χ1) is 13.5. The number of rotatable bonds is 9. The summed E-state index contributed by atoms with van der Waals surface area (Å²) in [6.45, 7) is 2.09. The summed E-state index contributed by atoms with van der Waals surface area (Å²) in [6, 6.07) is 6.98. The third-order valence-electron chi connectivity index (χ3n) is 5.21. The number of alkyl halides is 1. The molecule has 2 amide bonds. The van der Waals surface area contributed by atoms with E-state index in [1.165, 1.54) is 25.5 Å². The third kappa shape index (κ3) is 6.19. The summed E-state index contributed by atoms with van der Waals surface area (Å²) in [5.41, 5.74) is 1.82. The molecular formula is C21H31ClN2O4. The summed E-state index contributed by atoms with van der Waals surface area (Å²) in [7, 11) is 3.00. The molecule has 0 heterocycles. The molecule has 1 saturated carbocycles. The Morgan fingerprint density at radius 3 is 2.29 bits per heavy atom. The van der Waals surface area contributed by atoms with E-state index in [-0.39, 0.29) is 30.3 Å². The molecule has 1 aliphatic rings. The summed E-state index contributed by atoms with van der Waals surface area (Å²) in [5, 5.41) is 3.14. The highest BCUT2D eigenvalue weighted by Crippen LogP contribution is 2.25. The van der Waals surface area contributed by atoms with Crippen LogP contribution in [0.3, 0.4) is 0 Å². The number of carbonyl (C=O) groups excluding carboxylic acids is 2. The van der Waals surface area contributed by atoms with Crippen molar-refractivity contribution in [1.29, 1.82) is 0 Å². The zero-order valence-electron chi connectivity index (χ0n) is 16.9. The second-order valence-corrected chi connectivity index (χ2v) is 7.50. The van der Waals surface area contributed by atoms with Gasteiger partial charge in [-0.05, 0) is 25.3 Å². The Morgan fingerprint density at radius 2 is 1.75 bits per heavy atom. The Balaban J connectivity index is 2.33. The second-order valence-electron chi connectivity index (χ2n) is 7.24. The zero-order chi connectivity index (χ0) is 20.5. The van der Waals surface area contributed by atoms with E-state index < -0.39 is 12.3 Å². The Bertz CT molecular complexity index is 628. The van der Waals surface area contributed by atoms with E-state index in [4.69, 9.17) is 21.1 Å². The van der Waals surface area contributed by atoms with Crippen LogP contribution in [-0.4, -0.2) is 55.7 Å². The zero-order valence-corrected chi connectivity index (χ0v) is 17.7. The fraction of sp³-hybridized carbons (Fsp3) is 0.619. The minimum absolute atomic E-state index is 0.106. The molecule has 0 unspecified atom stereocenters. The summed E-state index contributed by atoms with van der Waals surface area (Å²) >= 11 is 5.87. The molecule has 0 bridgehead atoms. The van der Waals surface area contributed by atoms with Crippen LogP contribution in [0.2, 0.25) is 0 Å². The van der Waals surface area contributed by atoms with Gasteiger partial charge in [-0.2, -0.15) is 0 Å². The van der Waals surface area contributed by atoms with E-state index in [0.717, 1.165) is 36.8 Å². The van der Waals surface area contributed by atoms with Crippen LogP contribution in [0.25, 0.3) is 0 Å². The molecule has 28 heavy (non-hydrogen) atoms. The van der Waals surface area contributed by atoms with Crippen molar-refractivity contribution in [2.75, 3.05) is 26.6 Å². The molecule has 0 aliphatic heterocycles. The summed E-state index contributed by atoms with van der Waals surface area (Å²) in [4.78, 5) is 27.4. The average Bonchev–Trinajstić information content (AvgIpc) is 2.72. The standard InChI is InChI=1S/C21H31ClN2O4/c1-15-9-11-16(12-10-15)20(21(26)23-17-7-5-4-6-8-17)24(18(25)13-22)14-19(27-2)28-3/h9-12,17,19-20H,4-8,13-14H2,1-3H3,(H,23,26)/t20-/m0/s1. The molecule has 2 rings (SSSR count). The minimum atomic E-state index is -0.790. The number of ether oxygens (including phenoxy) is 2. The number of aryl methyl sites for hydroxylation is 1. The number of halogens is 1. The molecule has 0 radical (unpaired) electrons. The van der Waals surface area contributed by atoms with Gasteiger partial charge in [0.1, 0.15) is 11.9 Å². The normalized spacial score (nSPS) is 16.0. The Morgan fingerprint density at radius 1 is 1.14 bits per heavy atom. The number of hydrogen-bond acceptors (Lipinski definition) is 4. The Hall–Kier alpha value is -1.63. The summed E-state index contributed by atoms with van der Waals surface area (Å²) in [5.74, 6) is -0.760. The van der Waals surface area contributed by atoms with Gasteiger partial charge in [-0.3, -0.25) is 9.59 Å². The number of carbonyl (C=O) groups is 2. The van der Waals surface area contributed by atoms with E-state index in [1.807, 2.05) is 31.2 Å². The van der Waals surface area contributed by atoms with Crippen molar-refractivity contribution in [3.05, 3.63) is 35.4 Å². The number of amides is 2. The van der Waals surface area contributed by atoms with E-state index in [2.05, 4.69) is 5.32 Å². The maximum Gasteiger partial charge on any atom is 0.247 e. The van der Waals surface area contributed by atoms with Crippen molar-refractivity contribution in [2.24, 2.45) is 0 Å². The molecule has 0 spiro atoms. The van der Waals surface area contributed by atoms with E-state index >= 15 is 0 Å². The molecule has 1 aromatic rings. The fourth-order valence-electron chi connectivity index (χ4n) is 3.58. The van der Waals surface area contributed by atoms with E-state index in [0.29, 0.717) is 0 Å². The Labute approximate surface area is 172 Å². The van der Waals surface area contributed by atoms with Gasteiger partial charge in [0.15, 0.2) is 6.29 Å². The van der Waals surface area contributed by atoms with Gasteiger partial charge >= 0.3 is 0 Å². The minimum Gasteiger partial charge on any atom is -0.354 e. The van der Waals surface area contributed by atoms with Crippen molar-refractivity contribution in [3.63, 3.8) is 0 Å². The first kappa shape index (κ1) is 22.7. The van der Waals surface area contributed by atoms with Crippen molar-refractivity contribution in [1.82, 2.24) is 10.2 Å². The van der Waals surface area contributed by atoms with Gasteiger partial charge in [0.25, 0.3) is 0 Å². The van der Waals surface area contributed by atoms with Crippen molar-refractivity contribution in [2.45, 2.75) is 57.4 Å². The molecule has 1 fully saturated rings. The van der Waals surface area contributed by atoms with Gasteiger partial charge in [0.05, 0.1) is 6.54 Å². The molecule has 0 saturated heterocycles. The van der Waals surface area contributed by atoms with Crippen LogP contribution < -0.4 is 5.32 Å². The lowest BCUT2D eigenvalue weighted by Crippen LogP contribution is -2.50. The monoisotopic (exact) mass is 410 g/mol. The molecule has 1 aromatic carbocycles. The highest BCUT2D eigenvalue weighted by molar-refractivity contribution is 6.27. The first-order valence-electron chi connectivity index (χ1n) is 9.78. The van der Waals surface area contributed by atoms with Crippen molar-refractivity contribution >= 4 is 23.4 Å². The average molecular weight is 411 g/mol. The van der Waals surface area contributed by atoms with E-state index in [1.54, 1.807) is 0 Å². The molecule has 1 atom stereocenters. The summed E-state index contributed by atoms with van der Waals surface area (Å²) < 4.78 is 10.5. The van der Waals surface area contributed by atoms with Crippen molar-refractivity contribution in [3.8, 4) is 0 Å². The van der Waals surface area contributed by atoms with Gasteiger partial charge in [-0.25, -0.2) is 0 Å². The highest BCUT2D eigenvalue weighted by atomic mass is 35.5. The smallest absolute Gasteiger partial charge is 0.247 e. The number of nitrogens with one attached hydrogen (secondary N) is 1. The largest absolute Gasteiger partial charge is 0.354 e. The van der Waals surface area contributed by atoms with Gasteiger partial charge in [0.2, 0.25) is 11.8 Å². The number of hydrogen-bond donors (Lipinski definition) is 1. The van der Waals surface area contributed by atoms with Crippen LogP contribution in [0.5, 0.6) is 0 Å². The number of methoxy groups -OCH3 is 2. The number of benzene rings is 1. The van der Waals surface area contributed by atoms with Gasteiger partial charge < -0.3 is 19.7 Å². The van der Waals surface area contributed by atoms with Gasteiger partial charge in [0, 0.05) is 20.3 Å². The van der Waals surface area contributed by atoms with E-state index in [9.17, 15) is 9.59 Å². The van der Waals surface area contributed by atoms with Crippen LogP contribution in [0.1, 0.15) is 49.3 Å². The molecule has 156 valence electrons. The van der Waals surface area contributed by atoms with Crippen LogP contribution in [0.4, 0.5) is 0 Å². The SMILES string of the molecule is COC(CN(C(=O)CCl)[C@H](C(=O)NC1CCCCC1)c1ccc(C)cc1)OC. The lowest BCUT2D eigenvalue weighted by atomic mass is 9.94. The highest BCUT2D eigenvalue weighted by Gasteiger charge is 2.34. The molecule has 1 N–H and O–H groups in total. The van der Waals surface area contributed by atoms with Gasteiger partial charge in [-0.1, -0.05) is 49.1 Å². The van der Waals surface area contributed by atoms with Crippen LogP contribution in [0, 0.1) is 6.92 Å². The third-order valence-corrected chi connectivity index (χ3v) is 5.44. The predicted octanol–water partition coefficient (Wildman–Crippen LogP) is 3.17. The lowest BCUT2D eigenvalue weighted by molar-refractivity contribution is -0.153. The van der Waals surface area contributed by atoms with Crippen molar-refractivity contribution < 1.29 is 19.1 Å². The van der Waals surface area contributed by atoms with Crippen LogP contribution in [0.15, 0.2) is 24.3 Å². The summed E-state index contributed by atoms with van der Waals surface area (Å²) in [6.07, 6.45) is 4.71. The molecule has 1 aliphatic carbocycles. The second kappa shape index (κ2) is 11.4. The van der Waals surface area contributed by atoms with Gasteiger partial charge in [-0.15, -0.1) is 11.6 Å². The molecule has 7 heteroatoms. The molecule has 0 aromatic heterocycles. The number of nitrogens with zero attached hydrogens (tertiary/aromatic N) is 1. The van der Waals surface area contributed by atoms with Crippen LogP contribution >= 0.6 is 11.6 Å².